The normalized spacial score (nSPS) is 18.8. The summed E-state index contributed by atoms with van der Waals surface area (Å²) in [5, 5.41) is 12.6. The Kier molecular flexibility index (Phi) is 4.23. The summed E-state index contributed by atoms with van der Waals surface area (Å²) in [5.41, 5.74) is -0.143. The van der Waals surface area contributed by atoms with Crippen LogP contribution in [-0.4, -0.2) is 39.9 Å². The molecule has 7 heteroatoms. The van der Waals surface area contributed by atoms with E-state index in [0.29, 0.717) is 11.0 Å². The molecule has 1 aliphatic heterocycles. The molecule has 1 atom stereocenters. The van der Waals surface area contributed by atoms with Crippen LogP contribution in [0.25, 0.3) is 0 Å². The number of thioether (sulfide) groups is 1. The van der Waals surface area contributed by atoms with Gasteiger partial charge in [0.05, 0.1) is 0 Å². The summed E-state index contributed by atoms with van der Waals surface area (Å²) >= 11 is 3.05. The SMILES string of the molecule is CC(=O)c1sc(NCC2CCSC2)nc1C(=O)O. The monoisotopic (exact) mass is 286 g/mol. The van der Waals surface area contributed by atoms with E-state index in [9.17, 15) is 9.59 Å². The number of nitrogens with zero attached hydrogens (tertiary/aromatic N) is 1. The Morgan fingerprint density at radius 3 is 2.83 bits per heavy atom. The van der Waals surface area contributed by atoms with Gasteiger partial charge in [0.15, 0.2) is 16.6 Å². The number of anilines is 1. The molecule has 2 N–H and O–H groups in total. The van der Waals surface area contributed by atoms with Crippen molar-refractivity contribution in [2.75, 3.05) is 23.4 Å². The fraction of sp³-hybridized carbons (Fsp3) is 0.545. The number of carboxylic acid groups (broad SMARTS) is 1. The number of hydrogen-bond acceptors (Lipinski definition) is 6. The van der Waals surface area contributed by atoms with Crippen molar-refractivity contribution in [2.45, 2.75) is 13.3 Å². The van der Waals surface area contributed by atoms with Crippen LogP contribution in [0.5, 0.6) is 0 Å². The first-order chi connectivity index (χ1) is 8.58. The smallest absolute Gasteiger partial charge is 0.356 e. The van der Waals surface area contributed by atoms with Gasteiger partial charge in [0, 0.05) is 13.5 Å². The van der Waals surface area contributed by atoms with Gasteiger partial charge in [0.2, 0.25) is 0 Å². The standard InChI is InChI=1S/C11H14N2O3S2/c1-6(14)9-8(10(15)16)13-11(18-9)12-4-7-2-3-17-5-7/h7H,2-5H2,1H3,(H,12,13)(H,15,16). The van der Waals surface area contributed by atoms with Crippen molar-refractivity contribution < 1.29 is 14.7 Å². The highest BCUT2D eigenvalue weighted by Gasteiger charge is 2.21. The van der Waals surface area contributed by atoms with E-state index in [1.807, 2.05) is 11.8 Å². The van der Waals surface area contributed by atoms with Crippen LogP contribution in [0.1, 0.15) is 33.5 Å². The van der Waals surface area contributed by atoms with E-state index in [2.05, 4.69) is 10.3 Å². The van der Waals surface area contributed by atoms with Crippen molar-refractivity contribution >= 4 is 40.0 Å². The van der Waals surface area contributed by atoms with Crippen molar-refractivity contribution in [3.8, 4) is 0 Å². The Bertz CT molecular complexity index is 435. The average molecular weight is 286 g/mol. The van der Waals surface area contributed by atoms with Crippen LogP contribution in [-0.2, 0) is 0 Å². The van der Waals surface area contributed by atoms with Crippen molar-refractivity contribution in [3.05, 3.63) is 10.6 Å². The van der Waals surface area contributed by atoms with E-state index in [0.717, 1.165) is 23.6 Å². The maximum atomic E-state index is 11.3. The van der Waals surface area contributed by atoms with Gasteiger partial charge in [-0.05, 0) is 23.8 Å². The van der Waals surface area contributed by atoms with Gasteiger partial charge in [-0.1, -0.05) is 11.3 Å². The Labute approximate surface area is 113 Å². The number of aromatic carboxylic acids is 1. The first-order valence-corrected chi connectivity index (χ1v) is 7.61. The molecule has 0 aliphatic carbocycles. The third-order valence-electron chi connectivity index (χ3n) is 2.72. The third-order valence-corrected chi connectivity index (χ3v) is 5.06. The molecule has 1 saturated heterocycles. The van der Waals surface area contributed by atoms with Gasteiger partial charge >= 0.3 is 5.97 Å². The molecule has 2 heterocycles. The molecule has 1 aromatic heterocycles. The molecule has 1 aliphatic rings. The molecule has 0 radical (unpaired) electrons. The van der Waals surface area contributed by atoms with Crippen LogP contribution in [0.2, 0.25) is 0 Å². The van der Waals surface area contributed by atoms with Crippen LogP contribution in [0.4, 0.5) is 5.13 Å². The van der Waals surface area contributed by atoms with Gasteiger partial charge in [-0.25, -0.2) is 9.78 Å². The molecule has 0 bridgehead atoms. The number of carboxylic acids is 1. The molecular formula is C11H14N2O3S2. The van der Waals surface area contributed by atoms with Crippen LogP contribution in [0.15, 0.2) is 0 Å². The number of carbonyl (C=O) groups excluding carboxylic acids is 1. The van der Waals surface area contributed by atoms with Crippen molar-refractivity contribution in [2.24, 2.45) is 5.92 Å². The first kappa shape index (κ1) is 13.4. The molecule has 0 saturated carbocycles. The van der Waals surface area contributed by atoms with Crippen molar-refractivity contribution in [1.29, 1.82) is 0 Å². The minimum absolute atomic E-state index is 0.143. The second-order valence-corrected chi connectivity index (χ2v) is 6.32. The predicted molar refractivity (Wildman–Crippen MR) is 73.0 cm³/mol. The van der Waals surface area contributed by atoms with Crippen LogP contribution in [0, 0.1) is 5.92 Å². The summed E-state index contributed by atoms with van der Waals surface area (Å²) in [6, 6.07) is 0. The lowest BCUT2D eigenvalue weighted by Crippen LogP contribution is -2.13. The highest BCUT2D eigenvalue weighted by molar-refractivity contribution is 7.99. The molecule has 1 unspecified atom stereocenters. The van der Waals surface area contributed by atoms with Gasteiger partial charge in [0.1, 0.15) is 4.88 Å². The van der Waals surface area contributed by atoms with Gasteiger partial charge in [-0.2, -0.15) is 11.8 Å². The van der Waals surface area contributed by atoms with Crippen molar-refractivity contribution in [1.82, 2.24) is 4.98 Å². The second kappa shape index (κ2) is 5.71. The Morgan fingerprint density at radius 2 is 2.33 bits per heavy atom. The maximum absolute atomic E-state index is 11.3. The number of nitrogens with one attached hydrogen (secondary N) is 1. The highest BCUT2D eigenvalue weighted by Crippen LogP contribution is 2.27. The average Bonchev–Trinajstić information content (AvgIpc) is 2.95. The highest BCUT2D eigenvalue weighted by atomic mass is 32.2. The number of rotatable bonds is 5. The molecule has 1 aromatic rings. The lowest BCUT2D eigenvalue weighted by atomic mass is 10.1. The second-order valence-electron chi connectivity index (χ2n) is 4.17. The van der Waals surface area contributed by atoms with Gasteiger partial charge in [-0.15, -0.1) is 0 Å². The summed E-state index contributed by atoms with van der Waals surface area (Å²) in [6.07, 6.45) is 1.17. The Balaban J connectivity index is 2.06. The van der Waals surface area contributed by atoms with E-state index in [1.54, 1.807) is 0 Å². The third kappa shape index (κ3) is 3.02. The van der Waals surface area contributed by atoms with Gasteiger partial charge < -0.3 is 10.4 Å². The number of ketones is 1. The zero-order valence-electron chi connectivity index (χ0n) is 9.93. The largest absolute Gasteiger partial charge is 0.476 e. The summed E-state index contributed by atoms with van der Waals surface area (Å²) in [7, 11) is 0. The van der Waals surface area contributed by atoms with E-state index in [1.165, 1.54) is 19.1 Å². The zero-order chi connectivity index (χ0) is 13.1. The molecule has 0 amide bonds. The number of thiazole rings is 1. The first-order valence-electron chi connectivity index (χ1n) is 5.64. The maximum Gasteiger partial charge on any atom is 0.356 e. The van der Waals surface area contributed by atoms with Crippen LogP contribution >= 0.6 is 23.1 Å². The van der Waals surface area contributed by atoms with Crippen LogP contribution in [0.3, 0.4) is 0 Å². The van der Waals surface area contributed by atoms with E-state index < -0.39 is 5.97 Å². The number of aromatic nitrogens is 1. The van der Waals surface area contributed by atoms with Gasteiger partial charge in [0.25, 0.3) is 0 Å². The zero-order valence-corrected chi connectivity index (χ0v) is 11.6. The lowest BCUT2D eigenvalue weighted by Gasteiger charge is -2.07. The minimum Gasteiger partial charge on any atom is -0.476 e. The minimum atomic E-state index is -1.15. The molecule has 1 fully saturated rings. The molecule has 98 valence electrons. The number of Topliss-reactive ketones (excluding diaryl/α,β-unsaturated/α-hetero) is 1. The number of carbonyl (C=O) groups is 2. The lowest BCUT2D eigenvalue weighted by molar-refractivity contribution is 0.0687. The van der Waals surface area contributed by atoms with E-state index in [-0.39, 0.29) is 16.4 Å². The fourth-order valence-electron chi connectivity index (χ4n) is 1.76. The Morgan fingerprint density at radius 1 is 1.56 bits per heavy atom. The quantitative estimate of drug-likeness (QED) is 0.808. The molecule has 18 heavy (non-hydrogen) atoms. The molecular weight excluding hydrogens is 272 g/mol. The summed E-state index contributed by atoms with van der Waals surface area (Å²) in [6.45, 7) is 2.15. The molecule has 5 nitrogen and oxygen atoms in total. The summed E-state index contributed by atoms with van der Waals surface area (Å²) in [4.78, 5) is 26.5. The topological polar surface area (TPSA) is 79.3 Å². The summed E-state index contributed by atoms with van der Waals surface area (Å²) < 4.78 is 0. The fourth-order valence-corrected chi connectivity index (χ4v) is 3.90. The van der Waals surface area contributed by atoms with E-state index >= 15 is 0 Å². The van der Waals surface area contributed by atoms with Crippen LogP contribution < -0.4 is 5.32 Å². The van der Waals surface area contributed by atoms with E-state index in [4.69, 9.17) is 5.11 Å². The molecule has 0 spiro atoms. The van der Waals surface area contributed by atoms with Gasteiger partial charge in [-0.3, -0.25) is 4.79 Å². The van der Waals surface area contributed by atoms with Crippen molar-refractivity contribution in [3.63, 3.8) is 0 Å². The summed E-state index contributed by atoms with van der Waals surface area (Å²) in [5.74, 6) is 1.51. The molecule has 0 aromatic carbocycles. The predicted octanol–water partition coefficient (Wildman–Crippen LogP) is 2.21. The Hall–Kier alpha value is -1.08. The number of hydrogen-bond donors (Lipinski definition) is 2. The molecule has 2 rings (SSSR count).